The first-order valence-corrected chi connectivity index (χ1v) is 7.08. The van der Waals surface area contributed by atoms with Gasteiger partial charge in [-0.3, -0.25) is 29.2 Å². The summed E-state index contributed by atoms with van der Waals surface area (Å²) >= 11 is 4.71. The molecule has 0 saturated carbocycles. The highest BCUT2D eigenvalue weighted by Crippen LogP contribution is 2.11. The summed E-state index contributed by atoms with van der Waals surface area (Å²) in [5.74, 6) is -2.80. The first-order valence-electron chi connectivity index (χ1n) is 6.70. The predicted molar refractivity (Wildman–Crippen MR) is 81.3 cm³/mol. The normalized spacial score (nSPS) is 15.8. The Bertz CT molecular complexity index is 584. The molecule has 0 spiro atoms. The SMILES string of the molecule is C=CC(=O)Cl.C=CC(=O)ON1C(=O)CCC1=O.O=C1CCC(=O)N1O. The van der Waals surface area contributed by atoms with E-state index < -0.39 is 34.8 Å². The zero-order chi connectivity index (χ0) is 19.6. The number of nitrogens with zero attached hydrogens (tertiary/aromatic N) is 2. The smallest absolute Gasteiger partial charge is 0.326 e. The van der Waals surface area contributed by atoms with E-state index in [1.807, 2.05) is 0 Å². The average molecular weight is 375 g/mol. The van der Waals surface area contributed by atoms with Crippen LogP contribution in [0.25, 0.3) is 0 Å². The number of amides is 4. The van der Waals surface area contributed by atoms with Gasteiger partial charge in [-0.05, 0) is 17.7 Å². The summed E-state index contributed by atoms with van der Waals surface area (Å²) in [6, 6.07) is 0. The van der Waals surface area contributed by atoms with Crippen molar-refractivity contribution in [2.75, 3.05) is 0 Å². The second-order valence-corrected chi connectivity index (χ2v) is 4.68. The highest BCUT2D eigenvalue weighted by atomic mass is 35.5. The summed E-state index contributed by atoms with van der Waals surface area (Å²) < 4.78 is 0. The lowest BCUT2D eigenvalue weighted by Crippen LogP contribution is -2.31. The number of halogens is 1. The summed E-state index contributed by atoms with van der Waals surface area (Å²) in [6.45, 7) is 6.21. The standard InChI is InChI=1S/C7H7NO4.C4H5NO3.C3H3ClO/c1-2-7(11)12-8-5(9)3-4-6(8)10;6-3-1-2-4(7)5(3)8;1-2-3(4)5/h2H,1,3-4H2;8H,1-2H2;2H,1H2. The van der Waals surface area contributed by atoms with Gasteiger partial charge in [-0.1, -0.05) is 13.2 Å². The van der Waals surface area contributed by atoms with Crippen LogP contribution < -0.4 is 0 Å². The van der Waals surface area contributed by atoms with E-state index in [1.165, 1.54) is 0 Å². The van der Waals surface area contributed by atoms with E-state index in [1.54, 1.807) is 0 Å². The van der Waals surface area contributed by atoms with Gasteiger partial charge in [0.2, 0.25) is 5.24 Å². The molecular weight excluding hydrogens is 360 g/mol. The third kappa shape index (κ3) is 7.99. The molecular formula is C14H15ClN2O8. The van der Waals surface area contributed by atoms with E-state index in [0.29, 0.717) is 5.06 Å². The van der Waals surface area contributed by atoms with Crippen molar-refractivity contribution in [2.24, 2.45) is 0 Å². The van der Waals surface area contributed by atoms with Gasteiger partial charge in [0.15, 0.2) is 0 Å². The molecule has 0 aromatic heterocycles. The van der Waals surface area contributed by atoms with Crippen LogP contribution in [0.5, 0.6) is 0 Å². The van der Waals surface area contributed by atoms with Crippen molar-refractivity contribution in [3.8, 4) is 0 Å². The molecule has 2 rings (SSSR count). The number of carbonyl (C=O) groups is 6. The molecule has 0 aromatic carbocycles. The maximum Gasteiger partial charge on any atom is 0.356 e. The zero-order valence-corrected chi connectivity index (χ0v) is 13.7. The molecule has 4 amide bonds. The fourth-order valence-electron chi connectivity index (χ4n) is 1.35. The molecule has 25 heavy (non-hydrogen) atoms. The first kappa shape index (κ1) is 22.1. The Morgan fingerprint density at radius 2 is 1.28 bits per heavy atom. The van der Waals surface area contributed by atoms with Crippen LogP contribution in [0.3, 0.4) is 0 Å². The summed E-state index contributed by atoms with van der Waals surface area (Å²) in [5, 5.41) is 8.53. The van der Waals surface area contributed by atoms with Gasteiger partial charge in [-0.25, -0.2) is 4.79 Å². The second-order valence-electron chi connectivity index (χ2n) is 4.30. The molecule has 2 heterocycles. The van der Waals surface area contributed by atoms with Gasteiger partial charge in [0.25, 0.3) is 23.6 Å². The van der Waals surface area contributed by atoms with Crippen molar-refractivity contribution >= 4 is 46.4 Å². The van der Waals surface area contributed by atoms with Crippen molar-refractivity contribution in [1.82, 2.24) is 10.1 Å². The molecule has 2 saturated heterocycles. The fraction of sp³-hybridized carbons (Fsp3) is 0.286. The van der Waals surface area contributed by atoms with Crippen LogP contribution >= 0.6 is 11.6 Å². The monoisotopic (exact) mass is 374 g/mol. The van der Waals surface area contributed by atoms with Crippen LogP contribution in [0.1, 0.15) is 25.7 Å². The largest absolute Gasteiger partial charge is 0.356 e. The fourth-order valence-corrected chi connectivity index (χ4v) is 1.35. The van der Waals surface area contributed by atoms with Crippen LogP contribution in [-0.2, 0) is 33.6 Å². The van der Waals surface area contributed by atoms with E-state index in [4.69, 9.17) is 16.8 Å². The van der Waals surface area contributed by atoms with Gasteiger partial charge >= 0.3 is 5.97 Å². The third-order valence-corrected chi connectivity index (χ3v) is 2.69. The van der Waals surface area contributed by atoms with Gasteiger partial charge in [0.05, 0.1) is 0 Å². The van der Waals surface area contributed by atoms with Crippen molar-refractivity contribution in [1.29, 1.82) is 0 Å². The van der Waals surface area contributed by atoms with Crippen LogP contribution in [0.15, 0.2) is 25.3 Å². The van der Waals surface area contributed by atoms with Crippen LogP contribution in [-0.4, -0.2) is 50.2 Å². The number of allylic oxidation sites excluding steroid dienone is 1. The quantitative estimate of drug-likeness (QED) is 0.321. The number of rotatable bonds is 3. The zero-order valence-electron chi connectivity index (χ0n) is 13.0. The number of hydrogen-bond donors (Lipinski definition) is 1. The van der Waals surface area contributed by atoms with Gasteiger partial charge in [0, 0.05) is 31.8 Å². The number of hydrogen-bond acceptors (Lipinski definition) is 8. The van der Waals surface area contributed by atoms with Crippen molar-refractivity contribution in [2.45, 2.75) is 25.7 Å². The molecule has 0 aromatic rings. The highest BCUT2D eigenvalue weighted by molar-refractivity contribution is 6.66. The average Bonchev–Trinajstić information content (AvgIpc) is 3.05. The highest BCUT2D eigenvalue weighted by Gasteiger charge is 2.32. The van der Waals surface area contributed by atoms with Crippen molar-refractivity contribution < 1.29 is 38.8 Å². The summed E-state index contributed by atoms with van der Waals surface area (Å²) in [7, 11) is 0. The Morgan fingerprint density at radius 1 is 0.920 bits per heavy atom. The van der Waals surface area contributed by atoms with Crippen LogP contribution in [0, 0.1) is 0 Å². The Balaban J connectivity index is 0.000000382. The lowest BCUT2D eigenvalue weighted by atomic mass is 10.4. The molecule has 10 nitrogen and oxygen atoms in total. The third-order valence-electron chi connectivity index (χ3n) is 2.54. The molecule has 1 N–H and O–H groups in total. The molecule has 2 aliphatic rings. The van der Waals surface area contributed by atoms with Gasteiger partial charge in [-0.2, -0.15) is 5.06 Å². The lowest BCUT2D eigenvalue weighted by molar-refractivity contribution is -0.193. The minimum Gasteiger partial charge on any atom is -0.326 e. The van der Waals surface area contributed by atoms with Crippen molar-refractivity contribution in [3.05, 3.63) is 25.3 Å². The number of imide groups is 2. The van der Waals surface area contributed by atoms with E-state index >= 15 is 0 Å². The van der Waals surface area contributed by atoms with Gasteiger partial charge in [0.1, 0.15) is 0 Å². The number of hydroxylamine groups is 4. The molecule has 136 valence electrons. The van der Waals surface area contributed by atoms with Crippen molar-refractivity contribution in [3.63, 3.8) is 0 Å². The maximum atomic E-state index is 10.8. The molecule has 11 heteroatoms. The van der Waals surface area contributed by atoms with E-state index in [-0.39, 0.29) is 30.7 Å². The first-order chi connectivity index (χ1) is 11.6. The Morgan fingerprint density at radius 3 is 1.52 bits per heavy atom. The maximum absolute atomic E-state index is 10.8. The second kappa shape index (κ2) is 10.8. The van der Waals surface area contributed by atoms with Crippen LogP contribution in [0.2, 0.25) is 0 Å². The molecule has 2 aliphatic heterocycles. The number of carbonyl (C=O) groups excluding carboxylic acids is 6. The molecule has 0 unspecified atom stereocenters. The summed E-state index contributed by atoms with van der Waals surface area (Å²) in [4.78, 5) is 66.5. The Kier molecular flexibility index (Phi) is 9.60. The van der Waals surface area contributed by atoms with E-state index in [2.05, 4.69) is 18.0 Å². The molecule has 0 aliphatic carbocycles. The summed E-state index contributed by atoms with van der Waals surface area (Å²) in [5.41, 5.74) is 0. The predicted octanol–water partition coefficient (Wildman–Crippen LogP) is 0.242. The summed E-state index contributed by atoms with van der Waals surface area (Å²) in [6.07, 6.45) is 2.43. The minimum atomic E-state index is -0.807. The Labute approximate surface area is 147 Å². The lowest BCUT2D eigenvalue weighted by Gasteiger charge is -2.09. The molecule has 0 bridgehead atoms. The van der Waals surface area contributed by atoms with E-state index in [9.17, 15) is 28.8 Å². The molecule has 0 atom stereocenters. The topological polar surface area (TPSA) is 138 Å². The van der Waals surface area contributed by atoms with E-state index in [0.717, 1.165) is 12.2 Å². The van der Waals surface area contributed by atoms with Gasteiger partial charge in [-0.15, -0.1) is 5.06 Å². The molecule has 2 fully saturated rings. The Hall–Kier alpha value is -2.85. The molecule has 0 radical (unpaired) electrons. The minimum absolute atomic E-state index is 0.100. The van der Waals surface area contributed by atoms with Gasteiger partial charge < -0.3 is 4.84 Å². The van der Waals surface area contributed by atoms with Crippen LogP contribution in [0.4, 0.5) is 0 Å².